The Bertz CT molecular complexity index is 1070. The average Bonchev–Trinajstić information content (AvgIpc) is 3.40. The fourth-order valence-electron chi connectivity index (χ4n) is 4.09. The molecule has 3 atom stereocenters. The van der Waals surface area contributed by atoms with E-state index in [-0.39, 0.29) is 17.0 Å². The lowest BCUT2D eigenvalue weighted by atomic mass is 9.93. The van der Waals surface area contributed by atoms with Crippen molar-refractivity contribution in [3.8, 4) is 0 Å². The van der Waals surface area contributed by atoms with Crippen LogP contribution in [0, 0.1) is 0 Å². The lowest BCUT2D eigenvalue weighted by molar-refractivity contribution is 0.448. The highest BCUT2D eigenvalue weighted by atomic mass is 32.2. The monoisotopic (exact) mass is 424 g/mol. The van der Waals surface area contributed by atoms with E-state index in [9.17, 15) is 8.42 Å². The molecule has 1 fully saturated rings. The Morgan fingerprint density at radius 2 is 1.73 bits per heavy atom. The van der Waals surface area contributed by atoms with Crippen LogP contribution in [0.3, 0.4) is 0 Å². The SMILES string of the molecule is CC(CNC1CN(S(=O)(=O)c2cn(C)cn2)CC1c1ccccc1)c1ccccc1. The highest BCUT2D eigenvalue weighted by Crippen LogP contribution is 2.31. The van der Waals surface area contributed by atoms with Crippen LogP contribution in [-0.2, 0) is 17.1 Å². The molecule has 0 spiro atoms. The molecular formula is C23H28N4O2S. The summed E-state index contributed by atoms with van der Waals surface area (Å²) < 4.78 is 29.5. The van der Waals surface area contributed by atoms with Crippen molar-refractivity contribution in [1.29, 1.82) is 0 Å². The van der Waals surface area contributed by atoms with E-state index in [2.05, 4.69) is 53.6 Å². The number of aromatic nitrogens is 2. The second kappa shape index (κ2) is 8.71. The Kier molecular flexibility index (Phi) is 6.04. The lowest BCUT2D eigenvalue weighted by Crippen LogP contribution is -2.38. The highest BCUT2D eigenvalue weighted by Gasteiger charge is 2.40. The van der Waals surface area contributed by atoms with Gasteiger partial charge >= 0.3 is 0 Å². The Morgan fingerprint density at radius 3 is 2.37 bits per heavy atom. The van der Waals surface area contributed by atoms with Gasteiger partial charge in [0.25, 0.3) is 10.0 Å². The van der Waals surface area contributed by atoms with Crippen LogP contribution in [0.4, 0.5) is 0 Å². The average molecular weight is 425 g/mol. The van der Waals surface area contributed by atoms with E-state index >= 15 is 0 Å². The van der Waals surface area contributed by atoms with Gasteiger partial charge in [0.1, 0.15) is 0 Å². The molecule has 2 aromatic carbocycles. The van der Waals surface area contributed by atoms with Crippen LogP contribution in [-0.4, -0.2) is 48.0 Å². The summed E-state index contributed by atoms with van der Waals surface area (Å²) in [4.78, 5) is 4.08. The Balaban J connectivity index is 1.54. The fraction of sp³-hybridized carbons (Fsp3) is 0.348. The van der Waals surface area contributed by atoms with Gasteiger partial charge in [-0.25, -0.2) is 13.4 Å². The minimum absolute atomic E-state index is 0.0389. The van der Waals surface area contributed by atoms with Crippen molar-refractivity contribution >= 4 is 10.0 Å². The molecule has 158 valence electrons. The molecule has 3 unspecified atom stereocenters. The predicted octanol–water partition coefficient (Wildman–Crippen LogP) is 2.97. The topological polar surface area (TPSA) is 67.2 Å². The number of nitrogens with zero attached hydrogens (tertiary/aromatic N) is 3. The second-order valence-electron chi connectivity index (χ2n) is 8.04. The van der Waals surface area contributed by atoms with Gasteiger partial charge in [0.05, 0.1) is 6.33 Å². The zero-order chi connectivity index (χ0) is 21.1. The maximum absolute atomic E-state index is 13.2. The molecule has 1 saturated heterocycles. The standard InChI is InChI=1S/C23H28N4O2S/c1-18(19-9-5-3-6-10-19)13-24-22-15-27(14-21(22)20-11-7-4-8-12-20)30(28,29)23-16-26(2)17-25-23/h3-12,16-18,21-22,24H,13-15H2,1-2H3. The van der Waals surface area contributed by atoms with Crippen molar-refractivity contribution in [2.45, 2.75) is 29.8 Å². The highest BCUT2D eigenvalue weighted by molar-refractivity contribution is 7.89. The molecule has 1 aliphatic rings. The van der Waals surface area contributed by atoms with Crippen molar-refractivity contribution in [3.05, 3.63) is 84.3 Å². The van der Waals surface area contributed by atoms with E-state index in [0.29, 0.717) is 19.0 Å². The van der Waals surface area contributed by atoms with Crippen molar-refractivity contribution in [2.75, 3.05) is 19.6 Å². The van der Waals surface area contributed by atoms with Gasteiger partial charge in [-0.1, -0.05) is 67.6 Å². The Morgan fingerprint density at radius 1 is 1.07 bits per heavy atom. The molecule has 0 amide bonds. The van der Waals surface area contributed by atoms with Crippen LogP contribution in [0.15, 0.2) is 78.2 Å². The van der Waals surface area contributed by atoms with Crippen molar-refractivity contribution in [2.24, 2.45) is 7.05 Å². The van der Waals surface area contributed by atoms with Crippen LogP contribution in [0.5, 0.6) is 0 Å². The second-order valence-corrected chi connectivity index (χ2v) is 9.93. The molecule has 0 aliphatic carbocycles. The van der Waals surface area contributed by atoms with E-state index in [4.69, 9.17) is 0 Å². The lowest BCUT2D eigenvalue weighted by Gasteiger charge is -2.22. The third-order valence-corrected chi connectivity index (χ3v) is 7.57. The molecule has 2 heterocycles. The third-order valence-electron chi connectivity index (χ3n) is 5.85. The number of imidazole rings is 1. The Hall–Kier alpha value is -2.48. The van der Waals surface area contributed by atoms with Crippen molar-refractivity contribution in [1.82, 2.24) is 19.2 Å². The van der Waals surface area contributed by atoms with Gasteiger partial charge in [0.2, 0.25) is 0 Å². The normalized spacial score (nSPS) is 21.0. The molecule has 6 nitrogen and oxygen atoms in total. The summed E-state index contributed by atoms with van der Waals surface area (Å²) >= 11 is 0. The zero-order valence-corrected chi connectivity index (χ0v) is 18.2. The first-order chi connectivity index (χ1) is 14.4. The van der Waals surface area contributed by atoms with E-state index in [0.717, 1.165) is 12.1 Å². The van der Waals surface area contributed by atoms with E-state index < -0.39 is 10.0 Å². The molecule has 0 bridgehead atoms. The number of hydrogen-bond acceptors (Lipinski definition) is 4. The molecule has 1 aromatic heterocycles. The Labute approximate surface area is 178 Å². The molecular weight excluding hydrogens is 396 g/mol. The largest absolute Gasteiger partial charge is 0.339 e. The molecule has 7 heteroatoms. The zero-order valence-electron chi connectivity index (χ0n) is 17.3. The number of sulfonamides is 1. The number of nitrogens with one attached hydrogen (secondary N) is 1. The molecule has 3 aromatic rings. The quantitative estimate of drug-likeness (QED) is 0.633. The summed E-state index contributed by atoms with van der Waals surface area (Å²) in [6.07, 6.45) is 3.08. The first kappa shape index (κ1) is 20.8. The minimum Gasteiger partial charge on any atom is -0.339 e. The molecule has 0 radical (unpaired) electrons. The summed E-state index contributed by atoms with van der Waals surface area (Å²) in [5, 5.41) is 3.76. The van der Waals surface area contributed by atoms with Crippen LogP contribution >= 0.6 is 0 Å². The first-order valence-electron chi connectivity index (χ1n) is 10.3. The molecule has 4 rings (SSSR count). The van der Waals surface area contributed by atoms with E-state index in [1.165, 1.54) is 11.9 Å². The van der Waals surface area contributed by atoms with Crippen LogP contribution < -0.4 is 5.32 Å². The summed E-state index contributed by atoms with van der Waals surface area (Å²) in [7, 11) is -1.85. The van der Waals surface area contributed by atoms with Gasteiger partial charge in [-0.05, 0) is 17.0 Å². The van der Waals surface area contributed by atoms with Gasteiger partial charge in [0, 0.05) is 44.8 Å². The van der Waals surface area contributed by atoms with Gasteiger partial charge in [0.15, 0.2) is 5.03 Å². The van der Waals surface area contributed by atoms with Gasteiger partial charge < -0.3 is 9.88 Å². The summed E-state index contributed by atoms with van der Waals surface area (Å²) in [5.41, 5.74) is 2.43. The van der Waals surface area contributed by atoms with Crippen LogP contribution in [0.1, 0.15) is 29.9 Å². The van der Waals surface area contributed by atoms with Crippen LogP contribution in [0.25, 0.3) is 0 Å². The van der Waals surface area contributed by atoms with E-state index in [1.54, 1.807) is 22.1 Å². The molecule has 30 heavy (non-hydrogen) atoms. The van der Waals surface area contributed by atoms with Crippen molar-refractivity contribution in [3.63, 3.8) is 0 Å². The van der Waals surface area contributed by atoms with Gasteiger partial charge in [-0.2, -0.15) is 4.31 Å². The summed E-state index contributed by atoms with van der Waals surface area (Å²) in [6.45, 7) is 3.85. The maximum Gasteiger partial charge on any atom is 0.262 e. The van der Waals surface area contributed by atoms with Crippen LogP contribution in [0.2, 0.25) is 0 Å². The van der Waals surface area contributed by atoms with E-state index in [1.807, 2.05) is 24.3 Å². The first-order valence-corrected chi connectivity index (χ1v) is 11.7. The number of rotatable bonds is 7. The van der Waals surface area contributed by atoms with Gasteiger partial charge in [-0.3, -0.25) is 0 Å². The third kappa shape index (κ3) is 4.33. The summed E-state index contributed by atoms with van der Waals surface area (Å²) in [6, 6.07) is 20.6. The molecule has 1 N–H and O–H groups in total. The number of benzene rings is 2. The van der Waals surface area contributed by atoms with Gasteiger partial charge in [-0.15, -0.1) is 0 Å². The fourth-order valence-corrected chi connectivity index (χ4v) is 5.55. The number of hydrogen-bond donors (Lipinski definition) is 1. The predicted molar refractivity (Wildman–Crippen MR) is 118 cm³/mol. The molecule has 1 aliphatic heterocycles. The summed E-state index contributed by atoms with van der Waals surface area (Å²) in [5.74, 6) is 0.428. The minimum atomic E-state index is -3.62. The van der Waals surface area contributed by atoms with Crippen molar-refractivity contribution < 1.29 is 8.42 Å². The smallest absolute Gasteiger partial charge is 0.262 e. The number of aryl methyl sites for hydroxylation is 1. The molecule has 0 saturated carbocycles. The maximum atomic E-state index is 13.2.